The number of nitrogens with zero attached hydrogens (tertiary/aromatic N) is 3. The maximum Gasteiger partial charge on any atom is 0.298 e. The van der Waals surface area contributed by atoms with E-state index in [2.05, 4.69) is 15.1 Å². The second-order valence-corrected chi connectivity index (χ2v) is 6.50. The van der Waals surface area contributed by atoms with Gasteiger partial charge in [0.05, 0.1) is 27.5 Å². The summed E-state index contributed by atoms with van der Waals surface area (Å²) in [5, 5.41) is 5.18. The van der Waals surface area contributed by atoms with E-state index in [0.717, 1.165) is 16.5 Å². The van der Waals surface area contributed by atoms with Crippen molar-refractivity contribution in [2.75, 3.05) is 21.3 Å². The fraction of sp³-hybridized carbons (Fsp3) is 0.190. The molecule has 2 heterocycles. The van der Waals surface area contributed by atoms with Crippen molar-refractivity contribution in [3.05, 3.63) is 58.1 Å². The molecule has 4 rings (SSSR count). The summed E-state index contributed by atoms with van der Waals surface area (Å²) in [6.45, 7) is 2.00. The van der Waals surface area contributed by atoms with E-state index >= 15 is 0 Å². The van der Waals surface area contributed by atoms with Crippen molar-refractivity contribution < 1.29 is 14.2 Å². The Bertz CT molecular complexity index is 1280. The summed E-state index contributed by atoms with van der Waals surface area (Å²) in [4.78, 5) is 20.4. The summed E-state index contributed by atoms with van der Waals surface area (Å²) in [6, 6.07) is 9.42. The quantitative estimate of drug-likeness (QED) is 0.527. The predicted octanol–water partition coefficient (Wildman–Crippen LogP) is 3.09. The van der Waals surface area contributed by atoms with E-state index in [4.69, 9.17) is 14.2 Å². The van der Waals surface area contributed by atoms with Crippen molar-refractivity contribution >= 4 is 28.2 Å². The van der Waals surface area contributed by atoms with Gasteiger partial charge in [0.1, 0.15) is 17.4 Å². The van der Waals surface area contributed by atoms with Gasteiger partial charge in [-0.2, -0.15) is 9.78 Å². The molecule has 1 N–H and O–H groups in total. The van der Waals surface area contributed by atoms with Crippen LogP contribution in [0.5, 0.6) is 17.2 Å². The van der Waals surface area contributed by atoms with Crippen LogP contribution >= 0.6 is 0 Å². The average molecular weight is 392 g/mol. The molecule has 0 atom stereocenters. The zero-order valence-electron chi connectivity index (χ0n) is 16.5. The van der Waals surface area contributed by atoms with Gasteiger partial charge in [0, 0.05) is 16.5 Å². The number of aromatic nitrogens is 3. The van der Waals surface area contributed by atoms with E-state index in [0.29, 0.717) is 33.8 Å². The van der Waals surface area contributed by atoms with Gasteiger partial charge in [-0.05, 0) is 31.2 Å². The summed E-state index contributed by atoms with van der Waals surface area (Å²) < 4.78 is 17.2. The smallest absolute Gasteiger partial charge is 0.298 e. The van der Waals surface area contributed by atoms with Crippen molar-refractivity contribution in [1.82, 2.24) is 14.6 Å². The minimum absolute atomic E-state index is 0.285. The molecule has 4 aromatic rings. The van der Waals surface area contributed by atoms with E-state index in [1.54, 1.807) is 12.1 Å². The standard InChI is InChI=1S/C21H20N4O4/c1-12-5-6-15-14(7-12)18-19(24-15)21(26)25(11-22-18)23-10-13-8-16(27-2)20(29-4)17(9-13)28-3/h5-11,24H,1-4H3/b23-10+. The van der Waals surface area contributed by atoms with Crippen molar-refractivity contribution in [3.63, 3.8) is 0 Å². The normalized spacial score (nSPS) is 11.4. The lowest BCUT2D eigenvalue weighted by molar-refractivity contribution is 0.324. The number of hydrogen-bond acceptors (Lipinski definition) is 6. The Hall–Kier alpha value is -3.81. The first-order chi connectivity index (χ1) is 14.0. The number of nitrogens with one attached hydrogen (secondary N) is 1. The maximum atomic E-state index is 12.9. The number of fused-ring (bicyclic) bond motifs is 3. The number of rotatable bonds is 5. The number of ether oxygens (including phenoxy) is 3. The van der Waals surface area contributed by atoms with E-state index in [1.165, 1.54) is 38.5 Å². The first-order valence-electron chi connectivity index (χ1n) is 8.89. The third kappa shape index (κ3) is 3.18. The lowest BCUT2D eigenvalue weighted by Gasteiger charge is -2.12. The largest absolute Gasteiger partial charge is 0.493 e. The summed E-state index contributed by atoms with van der Waals surface area (Å²) >= 11 is 0. The van der Waals surface area contributed by atoms with Crippen LogP contribution in [0.25, 0.3) is 21.9 Å². The molecule has 0 fully saturated rings. The van der Waals surface area contributed by atoms with Crippen LogP contribution in [-0.4, -0.2) is 42.2 Å². The number of aromatic amines is 1. The molecule has 0 saturated carbocycles. The van der Waals surface area contributed by atoms with Crippen LogP contribution in [-0.2, 0) is 0 Å². The molecule has 0 aliphatic rings. The zero-order chi connectivity index (χ0) is 20.5. The minimum atomic E-state index is -0.285. The van der Waals surface area contributed by atoms with Gasteiger partial charge in [-0.1, -0.05) is 11.6 Å². The maximum absolute atomic E-state index is 12.9. The van der Waals surface area contributed by atoms with Gasteiger partial charge in [0.15, 0.2) is 11.5 Å². The molecule has 0 saturated heterocycles. The van der Waals surface area contributed by atoms with Crippen molar-refractivity contribution in [3.8, 4) is 17.2 Å². The van der Waals surface area contributed by atoms with Crippen LogP contribution in [0.15, 0.2) is 46.6 Å². The molecule has 8 heteroatoms. The lowest BCUT2D eigenvalue weighted by atomic mass is 10.2. The Kier molecular flexibility index (Phi) is 4.67. The van der Waals surface area contributed by atoms with E-state index < -0.39 is 0 Å². The number of hydrogen-bond donors (Lipinski definition) is 1. The van der Waals surface area contributed by atoms with E-state index in [9.17, 15) is 4.79 Å². The molecular weight excluding hydrogens is 372 g/mol. The zero-order valence-corrected chi connectivity index (χ0v) is 16.5. The van der Waals surface area contributed by atoms with E-state index in [1.807, 2.05) is 25.1 Å². The molecule has 148 valence electrons. The summed E-state index contributed by atoms with van der Waals surface area (Å²) in [7, 11) is 4.62. The Balaban J connectivity index is 1.78. The van der Waals surface area contributed by atoms with Gasteiger partial charge in [0.2, 0.25) is 5.75 Å². The molecule has 0 aliphatic carbocycles. The molecule has 0 spiro atoms. The SMILES string of the molecule is COc1cc(/C=N/n2cnc3c([nH]c4ccc(C)cc43)c2=O)cc(OC)c1OC. The highest BCUT2D eigenvalue weighted by Gasteiger charge is 2.13. The second kappa shape index (κ2) is 7.31. The summed E-state index contributed by atoms with van der Waals surface area (Å²) in [5.41, 5.74) is 3.40. The molecule has 29 heavy (non-hydrogen) atoms. The number of methoxy groups -OCH3 is 3. The Morgan fingerprint density at radius 3 is 2.45 bits per heavy atom. The molecular formula is C21H20N4O4. The summed E-state index contributed by atoms with van der Waals surface area (Å²) in [5.74, 6) is 1.49. The van der Waals surface area contributed by atoms with E-state index in [-0.39, 0.29) is 5.56 Å². The molecule has 0 bridgehead atoms. The Morgan fingerprint density at radius 1 is 1.07 bits per heavy atom. The molecule has 0 unspecified atom stereocenters. The fourth-order valence-corrected chi connectivity index (χ4v) is 3.25. The van der Waals surface area contributed by atoms with Gasteiger partial charge in [-0.25, -0.2) is 4.98 Å². The average Bonchev–Trinajstić information content (AvgIpc) is 3.11. The first-order valence-corrected chi connectivity index (χ1v) is 8.89. The second-order valence-electron chi connectivity index (χ2n) is 6.50. The molecule has 0 radical (unpaired) electrons. The number of aryl methyl sites for hydroxylation is 1. The van der Waals surface area contributed by atoms with Crippen LogP contribution in [0.1, 0.15) is 11.1 Å². The van der Waals surface area contributed by atoms with Crippen molar-refractivity contribution in [2.24, 2.45) is 5.10 Å². The fourth-order valence-electron chi connectivity index (χ4n) is 3.25. The Labute approximate surface area is 166 Å². The minimum Gasteiger partial charge on any atom is -0.493 e. The number of benzene rings is 2. The highest BCUT2D eigenvalue weighted by atomic mass is 16.5. The molecule has 0 aliphatic heterocycles. The highest BCUT2D eigenvalue weighted by molar-refractivity contribution is 6.04. The molecule has 8 nitrogen and oxygen atoms in total. The van der Waals surface area contributed by atoms with Crippen LogP contribution < -0.4 is 19.8 Å². The monoisotopic (exact) mass is 392 g/mol. The molecule has 0 amide bonds. The van der Waals surface area contributed by atoms with Crippen LogP contribution in [0.3, 0.4) is 0 Å². The van der Waals surface area contributed by atoms with Gasteiger partial charge in [0.25, 0.3) is 5.56 Å². The van der Waals surface area contributed by atoms with Gasteiger partial charge >= 0.3 is 0 Å². The van der Waals surface area contributed by atoms with Crippen molar-refractivity contribution in [2.45, 2.75) is 6.92 Å². The summed E-state index contributed by atoms with van der Waals surface area (Å²) in [6.07, 6.45) is 2.95. The van der Waals surface area contributed by atoms with Gasteiger partial charge in [-0.15, -0.1) is 0 Å². The lowest BCUT2D eigenvalue weighted by Crippen LogP contribution is -2.17. The van der Waals surface area contributed by atoms with Gasteiger partial charge in [-0.3, -0.25) is 4.79 Å². The third-order valence-electron chi connectivity index (χ3n) is 4.66. The van der Waals surface area contributed by atoms with Crippen molar-refractivity contribution in [1.29, 1.82) is 0 Å². The first kappa shape index (κ1) is 18.5. The predicted molar refractivity (Wildman–Crippen MR) is 112 cm³/mol. The van der Waals surface area contributed by atoms with Gasteiger partial charge < -0.3 is 19.2 Å². The molecule has 2 aromatic carbocycles. The van der Waals surface area contributed by atoms with Crippen LogP contribution in [0.4, 0.5) is 0 Å². The topological polar surface area (TPSA) is 90.7 Å². The number of H-pyrrole nitrogens is 1. The molecule has 2 aromatic heterocycles. The van der Waals surface area contributed by atoms with Crippen LogP contribution in [0, 0.1) is 6.92 Å². The van der Waals surface area contributed by atoms with Crippen LogP contribution in [0.2, 0.25) is 0 Å². The Morgan fingerprint density at radius 2 is 1.79 bits per heavy atom. The highest BCUT2D eigenvalue weighted by Crippen LogP contribution is 2.37. The third-order valence-corrected chi connectivity index (χ3v) is 4.66.